The van der Waals surface area contributed by atoms with Gasteiger partial charge in [0.1, 0.15) is 5.82 Å². The van der Waals surface area contributed by atoms with Crippen molar-refractivity contribution in [2.75, 3.05) is 5.32 Å². The Morgan fingerprint density at radius 2 is 2.00 bits per heavy atom. The van der Waals surface area contributed by atoms with Crippen molar-refractivity contribution in [2.24, 2.45) is 0 Å². The van der Waals surface area contributed by atoms with Gasteiger partial charge in [0.2, 0.25) is 0 Å². The van der Waals surface area contributed by atoms with E-state index in [-0.39, 0.29) is 12.4 Å². The molecule has 0 radical (unpaired) electrons. The van der Waals surface area contributed by atoms with Crippen molar-refractivity contribution in [1.82, 2.24) is 14.6 Å². The lowest BCUT2D eigenvalue weighted by atomic mass is 10.1. The Kier molecular flexibility index (Phi) is 5.58. The molecule has 26 heavy (non-hydrogen) atoms. The number of hydrogen-bond acceptors (Lipinski definition) is 4. The number of aromatic nitrogens is 3. The second kappa shape index (κ2) is 7.57. The SMILES string of the molecule is CCC(CC)Nc1c2c(nc3c(-c4cc(C)cs4)c(C)nn13)CCC2.Cl. The molecule has 0 aromatic carbocycles. The molecule has 0 unspecified atom stereocenters. The van der Waals surface area contributed by atoms with E-state index in [0.717, 1.165) is 37.0 Å². The lowest BCUT2D eigenvalue weighted by Gasteiger charge is -2.19. The largest absolute Gasteiger partial charge is 0.367 e. The van der Waals surface area contributed by atoms with Crippen LogP contribution in [0.15, 0.2) is 11.4 Å². The van der Waals surface area contributed by atoms with Crippen molar-refractivity contribution in [3.05, 3.63) is 34.0 Å². The zero-order valence-electron chi connectivity index (χ0n) is 15.9. The first kappa shape index (κ1) is 19.2. The van der Waals surface area contributed by atoms with E-state index in [1.165, 1.54) is 39.5 Å². The summed E-state index contributed by atoms with van der Waals surface area (Å²) in [7, 11) is 0. The van der Waals surface area contributed by atoms with E-state index in [1.807, 2.05) is 0 Å². The molecular formula is C20H27ClN4S. The average Bonchev–Trinajstić information content (AvgIpc) is 3.30. The van der Waals surface area contributed by atoms with Gasteiger partial charge in [0.25, 0.3) is 0 Å². The van der Waals surface area contributed by atoms with Crippen molar-refractivity contribution in [3.63, 3.8) is 0 Å². The van der Waals surface area contributed by atoms with Crippen LogP contribution in [0.5, 0.6) is 0 Å². The van der Waals surface area contributed by atoms with E-state index in [0.29, 0.717) is 6.04 Å². The normalized spacial score (nSPS) is 13.3. The van der Waals surface area contributed by atoms with Crippen LogP contribution in [0.25, 0.3) is 16.1 Å². The van der Waals surface area contributed by atoms with Gasteiger partial charge in [-0.1, -0.05) is 13.8 Å². The first-order valence-corrected chi connectivity index (χ1v) is 10.2. The Labute approximate surface area is 165 Å². The lowest BCUT2D eigenvalue weighted by Crippen LogP contribution is -2.21. The van der Waals surface area contributed by atoms with Gasteiger partial charge in [-0.25, -0.2) is 4.98 Å². The standard InChI is InChI=1S/C20H26N4S.ClH/c1-5-14(6-2)21-19-15-8-7-9-16(15)22-20-18(13(4)23-24(19)20)17-10-12(3)11-25-17;/h10-11,14,21H,5-9H2,1-4H3;1H. The van der Waals surface area contributed by atoms with E-state index in [4.69, 9.17) is 10.1 Å². The van der Waals surface area contributed by atoms with E-state index >= 15 is 0 Å². The summed E-state index contributed by atoms with van der Waals surface area (Å²) in [6, 6.07) is 2.73. The fourth-order valence-corrected chi connectivity index (χ4v) is 4.81. The number of aryl methyl sites for hydroxylation is 3. The van der Waals surface area contributed by atoms with Crippen molar-refractivity contribution in [3.8, 4) is 10.4 Å². The number of nitrogens with one attached hydrogen (secondary N) is 1. The number of halogens is 1. The molecule has 3 aromatic rings. The van der Waals surface area contributed by atoms with Crippen LogP contribution in [-0.4, -0.2) is 20.6 Å². The van der Waals surface area contributed by atoms with Crippen LogP contribution in [0.1, 0.15) is 55.6 Å². The molecule has 0 bridgehead atoms. The maximum absolute atomic E-state index is 5.05. The minimum Gasteiger partial charge on any atom is -0.367 e. The molecule has 3 heterocycles. The second-order valence-corrected chi connectivity index (χ2v) is 7.99. The summed E-state index contributed by atoms with van der Waals surface area (Å²) < 4.78 is 2.07. The summed E-state index contributed by atoms with van der Waals surface area (Å²) >= 11 is 1.78. The maximum atomic E-state index is 5.05. The minimum absolute atomic E-state index is 0. The van der Waals surface area contributed by atoms with E-state index in [1.54, 1.807) is 11.3 Å². The molecule has 140 valence electrons. The summed E-state index contributed by atoms with van der Waals surface area (Å²) in [6.45, 7) is 8.74. The fraction of sp³-hybridized carbons (Fsp3) is 0.500. The number of nitrogens with zero attached hydrogens (tertiary/aromatic N) is 3. The smallest absolute Gasteiger partial charge is 0.166 e. The van der Waals surface area contributed by atoms with E-state index < -0.39 is 0 Å². The number of thiophene rings is 1. The number of hydrogen-bond donors (Lipinski definition) is 1. The summed E-state index contributed by atoms with van der Waals surface area (Å²) in [5.74, 6) is 1.17. The number of rotatable bonds is 5. The second-order valence-electron chi connectivity index (χ2n) is 7.08. The summed E-state index contributed by atoms with van der Waals surface area (Å²) in [5, 5.41) is 10.9. The van der Waals surface area contributed by atoms with Crippen molar-refractivity contribution in [1.29, 1.82) is 0 Å². The topological polar surface area (TPSA) is 42.2 Å². The Hall–Kier alpha value is -1.59. The molecule has 0 aliphatic heterocycles. The lowest BCUT2D eigenvalue weighted by molar-refractivity contribution is 0.661. The first-order chi connectivity index (χ1) is 12.1. The maximum Gasteiger partial charge on any atom is 0.166 e. The van der Waals surface area contributed by atoms with Crippen LogP contribution in [0.3, 0.4) is 0 Å². The van der Waals surface area contributed by atoms with Gasteiger partial charge >= 0.3 is 0 Å². The predicted octanol–water partition coefficient (Wildman–Crippen LogP) is 5.59. The van der Waals surface area contributed by atoms with Gasteiger partial charge in [-0.2, -0.15) is 9.61 Å². The Bertz CT molecular complexity index is 924. The monoisotopic (exact) mass is 390 g/mol. The third-order valence-electron chi connectivity index (χ3n) is 5.27. The molecule has 4 rings (SSSR count). The molecule has 4 nitrogen and oxygen atoms in total. The number of anilines is 1. The summed E-state index contributed by atoms with van der Waals surface area (Å²) in [5.41, 5.74) is 7.20. The van der Waals surface area contributed by atoms with Crippen molar-refractivity contribution < 1.29 is 0 Å². The molecule has 0 atom stereocenters. The zero-order chi connectivity index (χ0) is 17.6. The van der Waals surface area contributed by atoms with Gasteiger partial charge in [0, 0.05) is 22.2 Å². The van der Waals surface area contributed by atoms with Crippen LogP contribution in [-0.2, 0) is 12.8 Å². The van der Waals surface area contributed by atoms with Gasteiger partial charge < -0.3 is 5.32 Å². The van der Waals surface area contributed by atoms with Crippen LogP contribution >= 0.6 is 23.7 Å². The highest BCUT2D eigenvalue weighted by atomic mass is 35.5. The quantitative estimate of drug-likeness (QED) is 0.617. The summed E-state index contributed by atoms with van der Waals surface area (Å²) in [4.78, 5) is 6.32. The van der Waals surface area contributed by atoms with Crippen molar-refractivity contribution >= 4 is 35.2 Å². The van der Waals surface area contributed by atoms with Crippen LogP contribution in [0.4, 0.5) is 5.82 Å². The first-order valence-electron chi connectivity index (χ1n) is 9.35. The molecule has 1 aliphatic carbocycles. The van der Waals surface area contributed by atoms with Gasteiger partial charge in [-0.3, -0.25) is 0 Å². The van der Waals surface area contributed by atoms with Gasteiger partial charge in [0.15, 0.2) is 5.65 Å². The van der Waals surface area contributed by atoms with Crippen molar-refractivity contribution in [2.45, 2.75) is 65.8 Å². The van der Waals surface area contributed by atoms with Crippen LogP contribution < -0.4 is 5.32 Å². The molecule has 0 fully saturated rings. The molecule has 3 aromatic heterocycles. The molecule has 0 amide bonds. The highest BCUT2D eigenvalue weighted by molar-refractivity contribution is 7.13. The molecular weight excluding hydrogens is 364 g/mol. The third kappa shape index (κ3) is 3.12. The Morgan fingerprint density at radius 1 is 1.23 bits per heavy atom. The Morgan fingerprint density at radius 3 is 2.65 bits per heavy atom. The van der Waals surface area contributed by atoms with Crippen LogP contribution in [0, 0.1) is 13.8 Å². The third-order valence-corrected chi connectivity index (χ3v) is 6.33. The van der Waals surface area contributed by atoms with E-state index in [9.17, 15) is 0 Å². The number of fused-ring (bicyclic) bond motifs is 2. The molecule has 0 saturated heterocycles. The molecule has 0 saturated carbocycles. The fourth-order valence-electron chi connectivity index (χ4n) is 3.82. The minimum atomic E-state index is 0. The van der Waals surface area contributed by atoms with Crippen LogP contribution in [0.2, 0.25) is 0 Å². The molecule has 6 heteroatoms. The molecule has 0 spiro atoms. The van der Waals surface area contributed by atoms with Gasteiger partial charge in [-0.15, -0.1) is 23.7 Å². The molecule has 1 N–H and O–H groups in total. The van der Waals surface area contributed by atoms with Gasteiger partial charge in [0.05, 0.1) is 11.3 Å². The zero-order valence-corrected chi connectivity index (χ0v) is 17.6. The summed E-state index contributed by atoms with van der Waals surface area (Å²) in [6.07, 6.45) is 5.61. The Balaban J connectivity index is 0.00000196. The average molecular weight is 391 g/mol. The highest BCUT2D eigenvalue weighted by Gasteiger charge is 2.25. The van der Waals surface area contributed by atoms with Gasteiger partial charge in [-0.05, 0) is 63.0 Å². The predicted molar refractivity (Wildman–Crippen MR) is 113 cm³/mol. The molecule has 1 aliphatic rings. The highest BCUT2D eigenvalue weighted by Crippen LogP contribution is 2.37. The van der Waals surface area contributed by atoms with E-state index in [2.05, 4.69) is 49.0 Å².